The Morgan fingerprint density at radius 3 is 2.35 bits per heavy atom. The molecule has 0 saturated carbocycles. The molecule has 0 radical (unpaired) electrons. The smallest absolute Gasteiger partial charge is 0.424 e. The lowest BCUT2D eigenvalue weighted by Gasteiger charge is -2.29. The first-order valence-corrected chi connectivity index (χ1v) is 14.0. The SMILES string of the molecule is COCCOC(=O)N([C@@H](CO)C(=O)N[C@@H](C)C(=O)C(CC[C@H](N)C=O)NC(=N)N)S(=O)(=O)CCc1ccccc1. The average Bonchev–Trinajstić information content (AvgIpc) is 2.92. The maximum atomic E-state index is 13.3. The fourth-order valence-electron chi connectivity index (χ4n) is 3.55. The highest BCUT2D eigenvalue weighted by molar-refractivity contribution is 7.89. The number of sulfonamides is 1. The molecule has 8 N–H and O–H groups in total. The van der Waals surface area contributed by atoms with Gasteiger partial charge in [-0.3, -0.25) is 15.0 Å². The van der Waals surface area contributed by atoms with Gasteiger partial charge in [-0.05, 0) is 31.7 Å². The van der Waals surface area contributed by atoms with Crippen LogP contribution in [0.3, 0.4) is 0 Å². The zero-order valence-electron chi connectivity index (χ0n) is 22.4. The maximum Gasteiger partial charge on any atom is 0.424 e. The van der Waals surface area contributed by atoms with Crippen LogP contribution in [0, 0.1) is 5.41 Å². The molecular weight excluding hydrogens is 548 g/mol. The number of carbonyl (C=O) groups excluding carboxylic acids is 4. The van der Waals surface area contributed by atoms with E-state index < -0.39 is 70.3 Å². The lowest BCUT2D eigenvalue weighted by molar-refractivity contribution is -0.131. The Hall–Kier alpha value is -3.60. The summed E-state index contributed by atoms with van der Waals surface area (Å²) in [5, 5.41) is 22.2. The summed E-state index contributed by atoms with van der Waals surface area (Å²) in [6.07, 6.45) is -0.849. The summed E-state index contributed by atoms with van der Waals surface area (Å²) in [5.41, 5.74) is 11.6. The number of aliphatic hydroxyl groups excluding tert-OH is 1. The number of rotatable bonds is 18. The van der Waals surface area contributed by atoms with E-state index in [0.717, 1.165) is 0 Å². The highest BCUT2D eigenvalue weighted by Crippen LogP contribution is 2.14. The number of ether oxygens (including phenoxy) is 2. The molecule has 40 heavy (non-hydrogen) atoms. The van der Waals surface area contributed by atoms with E-state index in [1.54, 1.807) is 30.3 Å². The average molecular weight is 587 g/mol. The number of benzene rings is 1. The third kappa shape index (κ3) is 11.3. The molecule has 0 fully saturated rings. The van der Waals surface area contributed by atoms with Crippen LogP contribution in [0.5, 0.6) is 0 Å². The van der Waals surface area contributed by atoms with Crippen LogP contribution in [-0.4, -0.2) is 105 Å². The minimum atomic E-state index is -4.51. The van der Waals surface area contributed by atoms with Crippen molar-refractivity contribution in [1.82, 2.24) is 14.9 Å². The van der Waals surface area contributed by atoms with Crippen LogP contribution in [0.2, 0.25) is 0 Å². The highest BCUT2D eigenvalue weighted by Gasteiger charge is 2.40. The van der Waals surface area contributed by atoms with Crippen LogP contribution < -0.4 is 22.1 Å². The summed E-state index contributed by atoms with van der Waals surface area (Å²) < 4.78 is 36.4. The number of Topliss-reactive ketones (excluding diaryl/α,β-unsaturated/α-hetero) is 1. The minimum Gasteiger partial charge on any atom is -0.446 e. The van der Waals surface area contributed by atoms with Crippen LogP contribution in [0.1, 0.15) is 25.3 Å². The summed E-state index contributed by atoms with van der Waals surface area (Å²) in [4.78, 5) is 49.8. The molecule has 0 spiro atoms. The van der Waals surface area contributed by atoms with Gasteiger partial charge in [0.1, 0.15) is 12.9 Å². The zero-order chi connectivity index (χ0) is 30.3. The van der Waals surface area contributed by atoms with E-state index in [1.807, 2.05) is 0 Å². The number of aldehydes is 1. The molecule has 0 aromatic heterocycles. The topological polar surface area (TPSA) is 244 Å². The number of amides is 2. The first-order chi connectivity index (χ1) is 18.9. The van der Waals surface area contributed by atoms with Crippen molar-refractivity contribution >= 4 is 40.1 Å². The fourth-order valence-corrected chi connectivity index (χ4v) is 5.07. The normalized spacial score (nSPS) is 14.2. The third-order valence-corrected chi connectivity index (χ3v) is 7.39. The fraction of sp³-hybridized carbons (Fsp3) is 0.542. The molecule has 0 aliphatic heterocycles. The molecule has 0 heterocycles. The Kier molecular flexibility index (Phi) is 14.8. The maximum absolute atomic E-state index is 13.3. The lowest BCUT2D eigenvalue weighted by atomic mass is 9.99. The number of hydrogen-bond donors (Lipinski definition) is 6. The summed E-state index contributed by atoms with van der Waals surface area (Å²) >= 11 is 0. The molecule has 224 valence electrons. The van der Waals surface area contributed by atoms with Gasteiger partial charge in [-0.15, -0.1) is 0 Å². The van der Waals surface area contributed by atoms with E-state index in [-0.39, 0.29) is 36.8 Å². The molecule has 0 bridgehead atoms. The predicted octanol–water partition coefficient (Wildman–Crippen LogP) is -1.76. The Balaban J connectivity index is 3.17. The van der Waals surface area contributed by atoms with Crippen molar-refractivity contribution in [2.24, 2.45) is 11.5 Å². The van der Waals surface area contributed by atoms with Crippen molar-refractivity contribution in [3.63, 3.8) is 0 Å². The van der Waals surface area contributed by atoms with Crippen LogP contribution in [0.25, 0.3) is 0 Å². The predicted molar refractivity (Wildman–Crippen MR) is 145 cm³/mol. The number of aryl methyl sites for hydroxylation is 1. The van der Waals surface area contributed by atoms with Crippen molar-refractivity contribution in [1.29, 1.82) is 5.41 Å². The molecule has 0 aliphatic rings. The molecule has 4 atom stereocenters. The van der Waals surface area contributed by atoms with Crippen LogP contribution in [0.4, 0.5) is 4.79 Å². The first-order valence-electron chi connectivity index (χ1n) is 12.4. The van der Waals surface area contributed by atoms with Crippen molar-refractivity contribution in [3.8, 4) is 0 Å². The largest absolute Gasteiger partial charge is 0.446 e. The number of nitrogens with zero attached hydrogens (tertiary/aromatic N) is 1. The van der Waals surface area contributed by atoms with Crippen LogP contribution in [-0.2, 0) is 40.3 Å². The summed E-state index contributed by atoms with van der Waals surface area (Å²) in [5.74, 6) is -2.95. The highest BCUT2D eigenvalue weighted by atomic mass is 32.2. The van der Waals surface area contributed by atoms with Gasteiger partial charge >= 0.3 is 6.09 Å². The Labute approximate surface area is 233 Å². The van der Waals surface area contributed by atoms with Gasteiger partial charge in [-0.1, -0.05) is 30.3 Å². The molecular formula is C24H38N6O9S. The zero-order valence-corrected chi connectivity index (χ0v) is 23.3. The molecule has 1 rings (SSSR count). The van der Waals surface area contributed by atoms with Gasteiger partial charge in [0.2, 0.25) is 15.9 Å². The molecule has 16 heteroatoms. The summed E-state index contributed by atoms with van der Waals surface area (Å²) in [6, 6.07) is 3.31. The van der Waals surface area contributed by atoms with Gasteiger partial charge < -0.3 is 41.5 Å². The number of carbonyl (C=O) groups is 4. The third-order valence-electron chi connectivity index (χ3n) is 5.66. The molecule has 1 unspecified atom stereocenters. The second kappa shape index (κ2) is 17.2. The molecule has 0 aliphatic carbocycles. The number of guanidine groups is 1. The van der Waals surface area contributed by atoms with Crippen molar-refractivity contribution in [2.45, 2.75) is 50.4 Å². The lowest BCUT2D eigenvalue weighted by Crippen LogP contribution is -2.58. The summed E-state index contributed by atoms with van der Waals surface area (Å²) in [7, 11) is -3.18. The van der Waals surface area contributed by atoms with Gasteiger partial charge in [0.25, 0.3) is 0 Å². The monoisotopic (exact) mass is 586 g/mol. The van der Waals surface area contributed by atoms with E-state index in [0.29, 0.717) is 11.8 Å². The van der Waals surface area contributed by atoms with Gasteiger partial charge in [0.05, 0.1) is 37.1 Å². The Bertz CT molecular complexity index is 1100. The molecule has 0 saturated heterocycles. The van der Waals surface area contributed by atoms with Gasteiger partial charge in [0.15, 0.2) is 17.8 Å². The molecule has 1 aromatic rings. The Morgan fingerprint density at radius 1 is 1.15 bits per heavy atom. The van der Waals surface area contributed by atoms with E-state index in [1.165, 1.54) is 14.0 Å². The van der Waals surface area contributed by atoms with E-state index in [9.17, 15) is 32.7 Å². The van der Waals surface area contributed by atoms with Crippen LogP contribution in [0.15, 0.2) is 30.3 Å². The number of ketones is 1. The Morgan fingerprint density at radius 2 is 1.80 bits per heavy atom. The van der Waals surface area contributed by atoms with Crippen molar-refractivity contribution in [2.75, 3.05) is 32.7 Å². The van der Waals surface area contributed by atoms with Gasteiger partial charge in [-0.2, -0.15) is 4.31 Å². The van der Waals surface area contributed by atoms with E-state index in [4.69, 9.17) is 26.4 Å². The number of nitrogens with one attached hydrogen (secondary N) is 3. The van der Waals surface area contributed by atoms with E-state index >= 15 is 0 Å². The summed E-state index contributed by atoms with van der Waals surface area (Å²) in [6.45, 7) is -0.201. The number of aliphatic hydroxyl groups is 1. The second-order valence-electron chi connectivity index (χ2n) is 8.77. The quantitative estimate of drug-likeness (QED) is 0.0485. The van der Waals surface area contributed by atoms with Gasteiger partial charge in [0, 0.05) is 7.11 Å². The van der Waals surface area contributed by atoms with Crippen molar-refractivity contribution < 1.29 is 42.2 Å². The van der Waals surface area contributed by atoms with E-state index in [2.05, 4.69) is 10.6 Å². The van der Waals surface area contributed by atoms with Crippen molar-refractivity contribution in [3.05, 3.63) is 35.9 Å². The molecule has 2 amide bonds. The van der Waals surface area contributed by atoms with Gasteiger partial charge in [-0.25, -0.2) is 13.2 Å². The molecule has 15 nitrogen and oxygen atoms in total. The number of nitrogens with two attached hydrogens (primary N) is 2. The first kappa shape index (κ1) is 34.4. The number of methoxy groups -OCH3 is 1. The molecule has 1 aromatic carbocycles. The standard InChI is InChI=1S/C24H38N6O9S/c1-16(21(33)19(29-23(26)27)9-8-18(25)14-31)28-22(34)20(15-32)30(24(35)39-12-11-38-2)40(36,37)13-10-17-6-4-3-5-7-17/h3-7,14,16,18-20,32H,8-13,15,25H2,1-2H3,(H,28,34)(H4,26,27,29)/t16-,18-,19?,20-/m0/s1. The second-order valence-corrected chi connectivity index (χ2v) is 10.7. The van der Waals surface area contributed by atoms with Crippen LogP contribution >= 0.6 is 0 Å². The minimum absolute atomic E-state index is 0.000994. The number of hydrogen-bond acceptors (Lipinski definition) is 11.